The number of H-pyrrole nitrogens is 1. The van der Waals surface area contributed by atoms with E-state index < -0.39 is 5.41 Å². The molecule has 5 rings (SSSR count). The van der Waals surface area contributed by atoms with E-state index in [-0.39, 0.29) is 23.9 Å². The molecule has 3 N–H and O–H groups in total. The molecule has 2 aliphatic rings. The number of amides is 2. The Kier molecular flexibility index (Phi) is 8.83. The second kappa shape index (κ2) is 12.6. The summed E-state index contributed by atoms with van der Waals surface area (Å²) in [6.45, 7) is 3.14. The fraction of sp³-hybridized carbons (Fsp3) is 0.455. The van der Waals surface area contributed by atoms with E-state index in [1.807, 2.05) is 41.3 Å². The Balaban J connectivity index is 1.60. The van der Waals surface area contributed by atoms with E-state index in [4.69, 9.17) is 10.4 Å². The third-order valence-electron chi connectivity index (χ3n) is 8.90. The standard InChI is InChI=1S/C33H41N9O2/c1-21(36-19-29(35)42-14-6-7-26(42)18-34)17-33(32-37-20-38-39-32)27-12-10-24(30(43)40(2)3)15-22(27)8-9-23-16-25(11-13-28(23)33)31(44)41(4)5/h10-13,15-16,20-21,26,35-36H,6-9,14,17,19H2,1-5H3,(H,37,38,39)/t21-,26?/m1/s1. The number of nitrogens with zero attached hydrogens (tertiary/aromatic N) is 6. The van der Waals surface area contributed by atoms with Gasteiger partial charge in [-0.05, 0) is 85.5 Å². The average Bonchev–Trinajstić information content (AvgIpc) is 3.71. The molecule has 2 aromatic carbocycles. The number of aromatic nitrogens is 3. The number of aryl methyl sites for hydroxylation is 2. The highest BCUT2D eigenvalue weighted by Crippen LogP contribution is 2.47. The van der Waals surface area contributed by atoms with E-state index in [9.17, 15) is 14.9 Å². The molecule has 1 saturated heterocycles. The Hall–Kier alpha value is -4.56. The number of benzene rings is 2. The Labute approximate surface area is 258 Å². The van der Waals surface area contributed by atoms with Gasteiger partial charge in [0.1, 0.15) is 24.0 Å². The van der Waals surface area contributed by atoms with Crippen molar-refractivity contribution in [3.63, 3.8) is 0 Å². The fourth-order valence-electron chi connectivity index (χ4n) is 6.74. The number of hydrogen-bond acceptors (Lipinski definition) is 7. The molecular weight excluding hydrogens is 554 g/mol. The molecule has 44 heavy (non-hydrogen) atoms. The van der Waals surface area contributed by atoms with Crippen molar-refractivity contribution in [2.24, 2.45) is 0 Å². The number of amidine groups is 1. The zero-order chi connectivity index (χ0) is 31.6. The first-order chi connectivity index (χ1) is 21.1. The highest BCUT2D eigenvalue weighted by Gasteiger charge is 2.45. The number of nitriles is 1. The monoisotopic (exact) mass is 595 g/mol. The van der Waals surface area contributed by atoms with Gasteiger partial charge >= 0.3 is 0 Å². The molecule has 1 unspecified atom stereocenters. The van der Waals surface area contributed by atoms with E-state index in [1.54, 1.807) is 38.0 Å². The van der Waals surface area contributed by atoms with E-state index in [1.165, 1.54) is 6.33 Å². The van der Waals surface area contributed by atoms with E-state index in [0.29, 0.717) is 48.6 Å². The van der Waals surface area contributed by atoms with Crippen LogP contribution in [0.5, 0.6) is 0 Å². The molecule has 1 fully saturated rings. The SMILES string of the molecule is C[C@H](CC1(c2ncn[nH]2)c2ccc(C(=O)N(C)C)cc2CCc2cc(C(=O)N(C)C)ccc21)NCC(=N)N1CCCC1C#N. The van der Waals surface area contributed by atoms with Crippen LogP contribution in [0, 0.1) is 16.7 Å². The van der Waals surface area contributed by atoms with Gasteiger partial charge in [-0.15, -0.1) is 0 Å². The van der Waals surface area contributed by atoms with Crippen molar-refractivity contribution in [1.29, 1.82) is 10.7 Å². The summed E-state index contributed by atoms with van der Waals surface area (Å²) in [4.78, 5) is 35.7. The van der Waals surface area contributed by atoms with Crippen molar-refractivity contribution >= 4 is 17.6 Å². The predicted octanol–water partition coefficient (Wildman–Crippen LogP) is 2.97. The summed E-state index contributed by atoms with van der Waals surface area (Å²) in [5, 5.41) is 29.2. The van der Waals surface area contributed by atoms with Crippen LogP contribution in [0.25, 0.3) is 0 Å². The molecule has 3 aromatic rings. The molecule has 2 atom stereocenters. The Morgan fingerprint density at radius 1 is 1.09 bits per heavy atom. The lowest BCUT2D eigenvalue weighted by atomic mass is 9.67. The quantitative estimate of drug-likeness (QED) is 0.268. The van der Waals surface area contributed by atoms with Crippen LogP contribution in [0.2, 0.25) is 0 Å². The number of hydrogen-bond donors (Lipinski definition) is 3. The number of aromatic amines is 1. The Morgan fingerprint density at radius 2 is 1.68 bits per heavy atom. The molecule has 1 aromatic heterocycles. The Bertz CT molecular complexity index is 1520. The van der Waals surface area contributed by atoms with Crippen molar-refractivity contribution < 1.29 is 9.59 Å². The topological polar surface area (TPSA) is 145 Å². The summed E-state index contributed by atoms with van der Waals surface area (Å²) >= 11 is 0. The van der Waals surface area contributed by atoms with Crippen LogP contribution in [-0.4, -0.2) is 101 Å². The summed E-state index contributed by atoms with van der Waals surface area (Å²) in [5.41, 5.74) is 4.60. The van der Waals surface area contributed by atoms with Gasteiger partial charge < -0.3 is 20.0 Å². The summed E-state index contributed by atoms with van der Waals surface area (Å²) in [7, 11) is 6.99. The molecule has 1 aliphatic heterocycles. The van der Waals surface area contributed by atoms with Crippen molar-refractivity contribution in [2.75, 3.05) is 41.3 Å². The Morgan fingerprint density at radius 3 is 2.18 bits per heavy atom. The van der Waals surface area contributed by atoms with Gasteiger partial charge in [0.15, 0.2) is 0 Å². The number of nitrogens with one attached hydrogen (secondary N) is 3. The molecular formula is C33H41N9O2. The first-order valence-corrected chi connectivity index (χ1v) is 15.1. The van der Waals surface area contributed by atoms with Crippen LogP contribution in [0.4, 0.5) is 0 Å². The highest BCUT2D eigenvalue weighted by atomic mass is 16.2. The minimum Gasteiger partial charge on any atom is -0.345 e. The second-order valence-corrected chi connectivity index (χ2v) is 12.3. The first-order valence-electron chi connectivity index (χ1n) is 15.1. The highest BCUT2D eigenvalue weighted by molar-refractivity contribution is 5.95. The second-order valence-electron chi connectivity index (χ2n) is 12.3. The van der Waals surface area contributed by atoms with Gasteiger partial charge in [0.2, 0.25) is 0 Å². The molecule has 0 bridgehead atoms. The van der Waals surface area contributed by atoms with E-state index >= 15 is 0 Å². The molecule has 230 valence electrons. The molecule has 11 nitrogen and oxygen atoms in total. The molecule has 2 heterocycles. The summed E-state index contributed by atoms with van der Waals surface area (Å²) in [6.07, 6.45) is 5.15. The normalized spacial score (nSPS) is 17.5. The van der Waals surface area contributed by atoms with Crippen molar-refractivity contribution in [2.45, 2.75) is 56.5 Å². The van der Waals surface area contributed by atoms with Gasteiger partial charge in [-0.3, -0.25) is 20.1 Å². The van der Waals surface area contributed by atoms with Gasteiger partial charge in [0.25, 0.3) is 11.8 Å². The predicted molar refractivity (Wildman–Crippen MR) is 168 cm³/mol. The molecule has 2 amide bonds. The number of rotatable bonds is 8. The molecule has 11 heteroatoms. The van der Waals surface area contributed by atoms with E-state index in [0.717, 1.165) is 41.6 Å². The third-order valence-corrected chi connectivity index (χ3v) is 8.90. The number of likely N-dealkylation sites (tertiary alicyclic amines) is 1. The first kappa shape index (κ1) is 30.9. The molecule has 0 saturated carbocycles. The lowest BCUT2D eigenvalue weighted by Gasteiger charge is -2.37. The largest absolute Gasteiger partial charge is 0.345 e. The third kappa shape index (κ3) is 5.69. The summed E-state index contributed by atoms with van der Waals surface area (Å²) in [5.74, 6) is 0.956. The summed E-state index contributed by atoms with van der Waals surface area (Å²) in [6, 6.07) is 13.8. The lowest BCUT2D eigenvalue weighted by Crippen LogP contribution is -2.45. The van der Waals surface area contributed by atoms with Crippen molar-refractivity contribution in [1.82, 2.24) is 35.2 Å². The van der Waals surface area contributed by atoms with Crippen molar-refractivity contribution in [3.05, 3.63) is 81.9 Å². The fourth-order valence-corrected chi connectivity index (χ4v) is 6.74. The minimum absolute atomic E-state index is 0.0650. The zero-order valence-corrected chi connectivity index (χ0v) is 26.1. The van der Waals surface area contributed by atoms with Crippen LogP contribution in [0.1, 0.15) is 75.0 Å². The minimum atomic E-state index is -0.783. The van der Waals surface area contributed by atoms with Gasteiger partial charge in [0, 0.05) is 51.9 Å². The molecule has 0 radical (unpaired) electrons. The van der Waals surface area contributed by atoms with Crippen LogP contribution >= 0.6 is 0 Å². The maximum atomic E-state index is 13.0. The van der Waals surface area contributed by atoms with Gasteiger partial charge in [-0.1, -0.05) is 12.1 Å². The zero-order valence-electron chi connectivity index (χ0n) is 26.1. The van der Waals surface area contributed by atoms with Gasteiger partial charge in [0.05, 0.1) is 18.0 Å². The lowest BCUT2D eigenvalue weighted by molar-refractivity contribution is 0.0820. The maximum Gasteiger partial charge on any atom is 0.253 e. The number of fused-ring (bicyclic) bond motifs is 2. The molecule has 0 spiro atoms. The van der Waals surface area contributed by atoms with Gasteiger partial charge in [-0.25, -0.2) is 4.98 Å². The van der Waals surface area contributed by atoms with Crippen LogP contribution in [0.3, 0.4) is 0 Å². The van der Waals surface area contributed by atoms with Crippen molar-refractivity contribution in [3.8, 4) is 6.07 Å². The van der Waals surface area contributed by atoms with Gasteiger partial charge in [-0.2, -0.15) is 10.4 Å². The van der Waals surface area contributed by atoms with Crippen LogP contribution in [-0.2, 0) is 18.3 Å². The van der Waals surface area contributed by atoms with Crippen LogP contribution in [0.15, 0.2) is 42.7 Å². The number of carbonyl (C=O) groups is 2. The average molecular weight is 596 g/mol. The smallest absolute Gasteiger partial charge is 0.253 e. The summed E-state index contributed by atoms with van der Waals surface area (Å²) < 4.78 is 0. The van der Waals surface area contributed by atoms with Crippen LogP contribution < -0.4 is 5.32 Å². The van der Waals surface area contributed by atoms with E-state index in [2.05, 4.69) is 28.5 Å². The maximum absolute atomic E-state index is 13.0. The molecule has 1 aliphatic carbocycles. The number of carbonyl (C=O) groups excluding carboxylic acids is 2.